The highest BCUT2D eigenvalue weighted by atomic mass is 35.5. The lowest BCUT2D eigenvalue weighted by atomic mass is 10.2. The molecule has 0 saturated heterocycles. The number of aromatic nitrogens is 2. The van der Waals surface area contributed by atoms with Gasteiger partial charge in [-0.1, -0.05) is 12.1 Å². The van der Waals surface area contributed by atoms with Crippen LogP contribution in [0.15, 0.2) is 36.4 Å². The molecule has 134 valence electrons. The Morgan fingerprint density at radius 3 is 2.20 bits per heavy atom. The summed E-state index contributed by atoms with van der Waals surface area (Å²) in [5, 5.41) is 3.36. The van der Waals surface area contributed by atoms with Crippen LogP contribution in [0.5, 0.6) is 17.2 Å². The molecule has 1 heterocycles. The molecule has 6 nitrogen and oxygen atoms in total. The summed E-state index contributed by atoms with van der Waals surface area (Å²) in [6.07, 6.45) is 0. The van der Waals surface area contributed by atoms with Crippen LogP contribution in [0, 0.1) is 0 Å². The highest BCUT2D eigenvalue weighted by Gasteiger charge is 2.14. The van der Waals surface area contributed by atoms with Gasteiger partial charge in [0, 0.05) is 13.6 Å². The quantitative estimate of drug-likeness (QED) is 0.724. The molecule has 25 heavy (non-hydrogen) atoms. The monoisotopic (exact) mass is 363 g/mol. The molecule has 3 rings (SSSR count). The molecule has 0 aliphatic heterocycles. The van der Waals surface area contributed by atoms with Crippen molar-refractivity contribution < 1.29 is 14.2 Å². The Kier molecular flexibility index (Phi) is 5.98. The number of para-hydroxylation sites is 2. The molecule has 7 heteroatoms. The number of nitrogens with one attached hydrogen (secondary N) is 1. The van der Waals surface area contributed by atoms with E-state index >= 15 is 0 Å². The molecule has 0 aliphatic rings. The van der Waals surface area contributed by atoms with Crippen molar-refractivity contribution in [3.63, 3.8) is 0 Å². The maximum absolute atomic E-state index is 5.39. The predicted molar refractivity (Wildman–Crippen MR) is 101 cm³/mol. The number of anilines is 1. The van der Waals surface area contributed by atoms with Gasteiger partial charge in [0.05, 0.1) is 32.4 Å². The number of hydrogen-bond donors (Lipinski definition) is 1. The van der Waals surface area contributed by atoms with Crippen molar-refractivity contribution in [2.24, 2.45) is 7.05 Å². The van der Waals surface area contributed by atoms with E-state index in [1.54, 1.807) is 21.3 Å². The molecular formula is C18H22ClN3O3. The number of fused-ring (bicyclic) bond motifs is 1. The lowest BCUT2D eigenvalue weighted by Crippen LogP contribution is -2.06. The van der Waals surface area contributed by atoms with Crippen LogP contribution < -0.4 is 19.5 Å². The Labute approximate surface area is 153 Å². The van der Waals surface area contributed by atoms with Crippen LogP contribution in [0.4, 0.5) is 5.95 Å². The van der Waals surface area contributed by atoms with Crippen LogP contribution in [-0.4, -0.2) is 30.9 Å². The summed E-state index contributed by atoms with van der Waals surface area (Å²) in [4.78, 5) is 4.61. The molecular weight excluding hydrogens is 342 g/mol. The summed E-state index contributed by atoms with van der Waals surface area (Å²) in [5.41, 5.74) is 3.06. The van der Waals surface area contributed by atoms with Gasteiger partial charge in [-0.15, -0.1) is 12.4 Å². The molecule has 0 unspecified atom stereocenters. The molecule has 0 radical (unpaired) electrons. The largest absolute Gasteiger partial charge is 0.493 e. The van der Waals surface area contributed by atoms with Crippen LogP contribution in [-0.2, 0) is 13.6 Å². The summed E-state index contributed by atoms with van der Waals surface area (Å²) in [6.45, 7) is 0.591. The van der Waals surface area contributed by atoms with Crippen molar-refractivity contribution >= 4 is 29.4 Å². The van der Waals surface area contributed by atoms with E-state index in [1.807, 2.05) is 48.0 Å². The lowest BCUT2D eigenvalue weighted by Gasteiger charge is -2.14. The maximum Gasteiger partial charge on any atom is 0.203 e. The summed E-state index contributed by atoms with van der Waals surface area (Å²) in [7, 11) is 6.81. The fourth-order valence-corrected chi connectivity index (χ4v) is 2.72. The minimum Gasteiger partial charge on any atom is -0.493 e. The third-order valence-electron chi connectivity index (χ3n) is 3.96. The van der Waals surface area contributed by atoms with Gasteiger partial charge < -0.3 is 24.1 Å². The first-order chi connectivity index (χ1) is 11.7. The molecule has 1 N–H and O–H groups in total. The molecule has 3 aromatic rings. The van der Waals surface area contributed by atoms with Gasteiger partial charge >= 0.3 is 0 Å². The Morgan fingerprint density at radius 2 is 1.64 bits per heavy atom. The minimum atomic E-state index is 0. The van der Waals surface area contributed by atoms with Gasteiger partial charge in [0.2, 0.25) is 11.7 Å². The van der Waals surface area contributed by atoms with Crippen LogP contribution in [0.1, 0.15) is 5.56 Å². The summed E-state index contributed by atoms with van der Waals surface area (Å²) in [5.74, 6) is 2.67. The third-order valence-corrected chi connectivity index (χ3v) is 3.96. The number of aryl methyl sites for hydroxylation is 1. The molecule has 0 amide bonds. The van der Waals surface area contributed by atoms with E-state index < -0.39 is 0 Å². The van der Waals surface area contributed by atoms with E-state index in [0.717, 1.165) is 22.5 Å². The fraction of sp³-hybridized carbons (Fsp3) is 0.278. The van der Waals surface area contributed by atoms with Crippen LogP contribution >= 0.6 is 12.4 Å². The van der Waals surface area contributed by atoms with Gasteiger partial charge in [0.15, 0.2) is 11.5 Å². The molecule has 0 aliphatic carbocycles. The predicted octanol–water partition coefficient (Wildman–Crippen LogP) is 3.63. The maximum atomic E-state index is 5.39. The van der Waals surface area contributed by atoms with Crippen molar-refractivity contribution in [3.8, 4) is 17.2 Å². The summed E-state index contributed by atoms with van der Waals surface area (Å²) < 4.78 is 18.2. The second-order valence-corrected chi connectivity index (χ2v) is 5.37. The van der Waals surface area contributed by atoms with Crippen molar-refractivity contribution in [2.75, 3.05) is 26.6 Å². The Hall–Kier alpha value is -2.60. The highest BCUT2D eigenvalue weighted by Crippen LogP contribution is 2.38. The summed E-state index contributed by atoms with van der Waals surface area (Å²) in [6, 6.07) is 11.9. The zero-order valence-electron chi connectivity index (χ0n) is 14.7. The minimum absolute atomic E-state index is 0. The number of nitrogens with zero attached hydrogens (tertiary/aromatic N) is 2. The molecule has 0 bridgehead atoms. The number of ether oxygens (including phenoxy) is 3. The van der Waals surface area contributed by atoms with Crippen LogP contribution in [0.2, 0.25) is 0 Å². The molecule has 0 saturated carbocycles. The zero-order valence-corrected chi connectivity index (χ0v) is 15.5. The number of imidazole rings is 1. The number of halogens is 1. The van der Waals surface area contributed by atoms with E-state index in [9.17, 15) is 0 Å². The van der Waals surface area contributed by atoms with Crippen molar-refractivity contribution in [1.29, 1.82) is 0 Å². The number of hydrogen-bond acceptors (Lipinski definition) is 5. The topological polar surface area (TPSA) is 57.5 Å². The van der Waals surface area contributed by atoms with Crippen molar-refractivity contribution in [2.45, 2.75) is 6.54 Å². The molecule has 0 spiro atoms. The Bertz CT molecular complexity index is 839. The van der Waals surface area contributed by atoms with Crippen molar-refractivity contribution in [3.05, 3.63) is 42.0 Å². The van der Waals surface area contributed by atoms with Gasteiger partial charge in [-0.05, 0) is 29.8 Å². The third kappa shape index (κ3) is 3.58. The first-order valence-electron chi connectivity index (χ1n) is 7.62. The SMILES string of the molecule is COc1cc(CNc2nc3ccccc3n2C)cc(OC)c1OC.Cl. The average molecular weight is 364 g/mol. The van der Waals surface area contributed by atoms with Crippen LogP contribution in [0.3, 0.4) is 0 Å². The standard InChI is InChI=1S/C18H21N3O3.ClH/c1-21-14-8-6-5-7-13(14)20-18(21)19-11-12-9-15(22-2)17(24-4)16(10-12)23-3;/h5-10H,11H2,1-4H3,(H,19,20);1H. The molecule has 0 fully saturated rings. The van der Waals surface area contributed by atoms with Gasteiger partial charge in [0.1, 0.15) is 0 Å². The molecule has 1 aromatic heterocycles. The molecule has 2 aromatic carbocycles. The van der Waals surface area contributed by atoms with E-state index in [4.69, 9.17) is 14.2 Å². The zero-order chi connectivity index (χ0) is 17.1. The Morgan fingerprint density at radius 1 is 1.00 bits per heavy atom. The van der Waals surface area contributed by atoms with E-state index in [2.05, 4.69) is 10.3 Å². The first kappa shape index (κ1) is 18.7. The van der Waals surface area contributed by atoms with Gasteiger partial charge in [-0.25, -0.2) is 4.98 Å². The van der Waals surface area contributed by atoms with Gasteiger partial charge in [0.25, 0.3) is 0 Å². The highest BCUT2D eigenvalue weighted by molar-refractivity contribution is 5.85. The summed E-state index contributed by atoms with van der Waals surface area (Å²) >= 11 is 0. The normalized spacial score (nSPS) is 10.2. The van der Waals surface area contributed by atoms with Gasteiger partial charge in [-0.3, -0.25) is 0 Å². The lowest BCUT2D eigenvalue weighted by molar-refractivity contribution is 0.324. The van der Waals surface area contributed by atoms with Crippen molar-refractivity contribution in [1.82, 2.24) is 9.55 Å². The van der Waals surface area contributed by atoms with E-state index in [1.165, 1.54) is 0 Å². The van der Waals surface area contributed by atoms with E-state index in [-0.39, 0.29) is 12.4 Å². The molecule has 0 atom stereocenters. The van der Waals surface area contributed by atoms with Gasteiger partial charge in [-0.2, -0.15) is 0 Å². The smallest absolute Gasteiger partial charge is 0.203 e. The second kappa shape index (κ2) is 7.98. The van der Waals surface area contributed by atoms with Crippen LogP contribution in [0.25, 0.3) is 11.0 Å². The Balaban J connectivity index is 0.00000225. The number of methoxy groups -OCH3 is 3. The fourth-order valence-electron chi connectivity index (χ4n) is 2.72. The number of benzene rings is 2. The average Bonchev–Trinajstić information content (AvgIpc) is 2.95. The first-order valence-corrected chi connectivity index (χ1v) is 7.62. The number of rotatable bonds is 6. The van der Waals surface area contributed by atoms with E-state index in [0.29, 0.717) is 23.8 Å². The second-order valence-electron chi connectivity index (χ2n) is 5.37.